The van der Waals surface area contributed by atoms with E-state index >= 15 is 0 Å². The van der Waals surface area contributed by atoms with Crippen molar-refractivity contribution < 1.29 is 22.8 Å². The third kappa shape index (κ3) is 6.08. The summed E-state index contributed by atoms with van der Waals surface area (Å²) in [6, 6.07) is 27.1. The smallest absolute Gasteiger partial charge is 0.340 e. The number of urea groups is 1. The summed E-state index contributed by atoms with van der Waals surface area (Å²) in [4.78, 5) is 39.7. The van der Waals surface area contributed by atoms with Gasteiger partial charge < -0.3 is 9.80 Å². The number of benzene rings is 3. The van der Waals surface area contributed by atoms with Crippen molar-refractivity contribution in [2.24, 2.45) is 0 Å². The maximum atomic E-state index is 13.8. The van der Waals surface area contributed by atoms with E-state index < -0.39 is 34.8 Å². The molecule has 3 heterocycles. The number of amides is 3. The normalized spacial score (nSPS) is 14.2. The zero-order valence-electron chi connectivity index (χ0n) is 26.0. The number of halogens is 3. The second kappa shape index (κ2) is 12.6. The Bertz CT molecular complexity index is 1910. The largest absolute Gasteiger partial charge is 0.417 e. The van der Waals surface area contributed by atoms with Gasteiger partial charge in [0.1, 0.15) is 5.54 Å². The van der Waals surface area contributed by atoms with Gasteiger partial charge in [-0.15, -0.1) is 0 Å². The molecule has 3 aromatic carbocycles. The molecule has 0 N–H and O–H groups in total. The van der Waals surface area contributed by atoms with E-state index in [0.717, 1.165) is 44.6 Å². The fourth-order valence-electron chi connectivity index (χ4n) is 5.81. The van der Waals surface area contributed by atoms with Gasteiger partial charge in [-0.1, -0.05) is 24.3 Å². The summed E-state index contributed by atoms with van der Waals surface area (Å²) in [6.07, 6.45) is 2.05. The highest BCUT2D eigenvalue weighted by molar-refractivity contribution is 6.23. The highest BCUT2D eigenvalue weighted by Gasteiger charge is 2.52. The monoisotopic (exact) mass is 646 g/mol. The minimum atomic E-state index is -4.84. The Balaban J connectivity index is 1.31. The number of aromatic nitrogens is 2. The van der Waals surface area contributed by atoms with Crippen LogP contribution in [0.2, 0.25) is 0 Å². The lowest BCUT2D eigenvalue weighted by Gasteiger charge is -2.32. The lowest BCUT2D eigenvalue weighted by atomic mass is 10.0. The van der Waals surface area contributed by atoms with E-state index in [2.05, 4.69) is 9.97 Å². The summed E-state index contributed by atoms with van der Waals surface area (Å²) >= 11 is 0. The molecular formula is C37H29F3N6O2. The fraction of sp³-hybridized carbons (Fsp3) is 0.162. The molecule has 0 saturated carbocycles. The molecule has 1 aliphatic rings. The van der Waals surface area contributed by atoms with Crippen LogP contribution in [0.3, 0.4) is 0 Å². The molecule has 0 aliphatic carbocycles. The second-order valence-electron chi connectivity index (χ2n) is 11.7. The van der Waals surface area contributed by atoms with Gasteiger partial charge in [-0.2, -0.15) is 18.4 Å². The molecule has 1 aliphatic heterocycles. The number of anilines is 3. The minimum Gasteiger partial charge on any atom is -0.340 e. The van der Waals surface area contributed by atoms with Crippen molar-refractivity contribution in [3.8, 4) is 28.3 Å². The van der Waals surface area contributed by atoms with Gasteiger partial charge in [0.05, 0.1) is 22.9 Å². The molecule has 1 saturated heterocycles. The van der Waals surface area contributed by atoms with Crippen molar-refractivity contribution in [3.05, 3.63) is 127 Å². The molecule has 2 aromatic heterocycles. The lowest BCUT2D eigenvalue weighted by Crippen LogP contribution is -2.47. The minimum absolute atomic E-state index is 0.0781. The Labute approximate surface area is 275 Å². The van der Waals surface area contributed by atoms with Crippen molar-refractivity contribution in [1.82, 2.24) is 14.9 Å². The molecule has 0 unspecified atom stereocenters. The molecule has 6 rings (SSSR count). The molecule has 8 nitrogen and oxygen atoms in total. The SMILES string of the molecule is CC1(C)C(=O)N(c2ccc(C#N)c(C(F)(F)F)c2)C(=O)N1CCN(c1ccc(-c2ccncc2)cc1)c1ccc(-c2ccncc2)cc1. The Morgan fingerprint density at radius 3 is 1.69 bits per heavy atom. The number of imide groups is 1. The van der Waals surface area contributed by atoms with Gasteiger partial charge in [-0.3, -0.25) is 14.8 Å². The number of nitriles is 1. The van der Waals surface area contributed by atoms with E-state index in [1.165, 1.54) is 17.0 Å². The van der Waals surface area contributed by atoms with E-state index in [4.69, 9.17) is 0 Å². The van der Waals surface area contributed by atoms with Crippen LogP contribution in [-0.4, -0.2) is 45.4 Å². The Hall–Kier alpha value is -6.02. The highest BCUT2D eigenvalue weighted by Crippen LogP contribution is 2.38. The van der Waals surface area contributed by atoms with E-state index in [1.54, 1.807) is 38.6 Å². The van der Waals surface area contributed by atoms with Crippen molar-refractivity contribution in [2.45, 2.75) is 25.6 Å². The first kappa shape index (κ1) is 31.9. The Kier molecular flexibility index (Phi) is 8.41. The van der Waals surface area contributed by atoms with Gasteiger partial charge in [0.15, 0.2) is 0 Å². The maximum Gasteiger partial charge on any atom is 0.417 e. The molecule has 3 amide bonds. The van der Waals surface area contributed by atoms with Gasteiger partial charge in [0.2, 0.25) is 0 Å². The Morgan fingerprint density at radius 1 is 0.750 bits per heavy atom. The van der Waals surface area contributed by atoms with E-state index in [9.17, 15) is 28.0 Å². The molecule has 0 radical (unpaired) electrons. The molecule has 1 fully saturated rings. The molecule has 240 valence electrons. The zero-order valence-corrected chi connectivity index (χ0v) is 26.0. The van der Waals surface area contributed by atoms with Gasteiger partial charge in [0, 0.05) is 49.3 Å². The average Bonchev–Trinajstić information content (AvgIpc) is 3.27. The topological polar surface area (TPSA) is 93.4 Å². The molecular weight excluding hydrogens is 617 g/mol. The van der Waals surface area contributed by atoms with E-state index in [-0.39, 0.29) is 18.8 Å². The number of hydrogen-bond donors (Lipinski definition) is 0. The fourth-order valence-corrected chi connectivity index (χ4v) is 5.81. The number of hydrogen-bond acceptors (Lipinski definition) is 6. The number of rotatable bonds is 8. The average molecular weight is 647 g/mol. The molecule has 0 bridgehead atoms. The van der Waals surface area contributed by atoms with Crippen LogP contribution in [-0.2, 0) is 11.0 Å². The predicted octanol–water partition coefficient (Wildman–Crippen LogP) is 8.09. The number of carbonyl (C=O) groups excluding carboxylic acids is 2. The second-order valence-corrected chi connectivity index (χ2v) is 11.7. The van der Waals surface area contributed by atoms with Crippen LogP contribution >= 0.6 is 0 Å². The summed E-state index contributed by atoms with van der Waals surface area (Å²) in [5.41, 5.74) is 2.25. The van der Waals surface area contributed by atoms with Crippen LogP contribution in [0.1, 0.15) is 25.0 Å². The number of pyridine rings is 2. The van der Waals surface area contributed by atoms with Crippen molar-refractivity contribution >= 4 is 29.0 Å². The summed E-state index contributed by atoms with van der Waals surface area (Å²) in [7, 11) is 0. The predicted molar refractivity (Wildman–Crippen MR) is 176 cm³/mol. The molecule has 0 spiro atoms. The zero-order chi connectivity index (χ0) is 34.1. The number of alkyl halides is 3. The standard InChI is InChI=1S/C37H29F3N6O2/c1-36(2)34(47)46(32-12-7-29(24-41)33(23-32)37(38,39)40)35(48)45(36)22-21-44(30-8-3-25(4-9-30)27-13-17-42-18-14-27)31-10-5-26(6-11-31)28-15-19-43-20-16-28/h3-20,23H,21-22H2,1-2H3. The summed E-state index contributed by atoms with van der Waals surface area (Å²) in [6.45, 7) is 3.48. The first-order chi connectivity index (χ1) is 23.0. The molecule has 0 atom stereocenters. The van der Waals surface area contributed by atoms with Crippen molar-refractivity contribution in [3.63, 3.8) is 0 Å². The summed E-state index contributed by atoms with van der Waals surface area (Å²) in [5, 5.41) is 9.21. The third-order valence-electron chi connectivity index (χ3n) is 8.44. The summed E-state index contributed by atoms with van der Waals surface area (Å²) in [5.74, 6) is -0.666. The van der Waals surface area contributed by atoms with E-state index in [0.29, 0.717) is 6.07 Å². The number of carbonyl (C=O) groups is 2. The maximum absolute atomic E-state index is 13.8. The quantitative estimate of drug-likeness (QED) is 0.158. The van der Waals surface area contributed by atoms with Crippen LogP contribution in [0, 0.1) is 11.3 Å². The van der Waals surface area contributed by atoms with Gasteiger partial charge in [-0.25, -0.2) is 9.69 Å². The molecule has 48 heavy (non-hydrogen) atoms. The van der Waals surface area contributed by atoms with Gasteiger partial charge in [-0.05, 0) is 103 Å². The van der Waals surface area contributed by atoms with Crippen LogP contribution in [0.4, 0.5) is 35.0 Å². The van der Waals surface area contributed by atoms with E-state index in [1.807, 2.05) is 77.7 Å². The Morgan fingerprint density at radius 2 is 1.23 bits per heavy atom. The third-order valence-corrected chi connectivity index (χ3v) is 8.44. The first-order valence-corrected chi connectivity index (χ1v) is 15.0. The first-order valence-electron chi connectivity index (χ1n) is 15.0. The van der Waals surface area contributed by atoms with Crippen molar-refractivity contribution in [1.29, 1.82) is 5.26 Å². The van der Waals surface area contributed by atoms with Gasteiger partial charge in [0.25, 0.3) is 5.91 Å². The molecule has 5 aromatic rings. The van der Waals surface area contributed by atoms with Crippen LogP contribution in [0.25, 0.3) is 22.3 Å². The lowest BCUT2D eigenvalue weighted by molar-refractivity contribution is -0.137. The van der Waals surface area contributed by atoms with Gasteiger partial charge >= 0.3 is 12.2 Å². The highest BCUT2D eigenvalue weighted by atomic mass is 19.4. The number of nitrogens with zero attached hydrogens (tertiary/aromatic N) is 6. The molecule has 11 heteroatoms. The summed E-state index contributed by atoms with van der Waals surface area (Å²) < 4.78 is 41.2. The van der Waals surface area contributed by atoms with Crippen LogP contribution in [0.15, 0.2) is 116 Å². The van der Waals surface area contributed by atoms with Crippen LogP contribution < -0.4 is 9.80 Å². The van der Waals surface area contributed by atoms with Crippen LogP contribution in [0.5, 0.6) is 0 Å². The van der Waals surface area contributed by atoms with Crippen molar-refractivity contribution in [2.75, 3.05) is 22.9 Å².